The molecular weight excluding hydrogens is 587 g/mol. The zero-order chi connectivity index (χ0) is 31.5. The van der Waals surface area contributed by atoms with Crippen molar-refractivity contribution < 1.29 is 46.4 Å². The van der Waals surface area contributed by atoms with Gasteiger partial charge in [-0.25, -0.2) is 22.0 Å². The minimum absolute atomic E-state index is 0.0532. The van der Waals surface area contributed by atoms with Crippen molar-refractivity contribution in [1.29, 1.82) is 0 Å². The molecule has 0 aromatic heterocycles. The number of aliphatic hydroxyl groups is 2. The van der Waals surface area contributed by atoms with Gasteiger partial charge in [-0.3, -0.25) is 9.69 Å². The van der Waals surface area contributed by atoms with E-state index in [0.717, 1.165) is 30.5 Å². The van der Waals surface area contributed by atoms with Crippen LogP contribution in [0.1, 0.15) is 64.8 Å². The zero-order valence-corrected chi connectivity index (χ0v) is 23.9. The highest BCUT2D eigenvalue weighted by atomic mass is 19.2. The Kier molecular flexibility index (Phi) is 9.96. The molecular formula is C32H33F5N2O5. The molecule has 44 heavy (non-hydrogen) atoms. The van der Waals surface area contributed by atoms with Crippen molar-refractivity contribution in [3.63, 3.8) is 0 Å². The number of hydrogen-bond donors (Lipinski definition) is 3. The average molecular weight is 621 g/mol. The van der Waals surface area contributed by atoms with E-state index in [9.17, 15) is 37.0 Å². The molecule has 2 heterocycles. The van der Waals surface area contributed by atoms with E-state index in [2.05, 4.69) is 10.2 Å². The molecule has 3 aromatic carbocycles. The highest BCUT2D eigenvalue weighted by molar-refractivity contribution is 5.94. The minimum Gasteiger partial charge on any atom is -0.395 e. The second-order valence-corrected chi connectivity index (χ2v) is 11.2. The van der Waals surface area contributed by atoms with Crippen LogP contribution in [0.4, 0.5) is 22.0 Å². The van der Waals surface area contributed by atoms with Gasteiger partial charge in [-0.15, -0.1) is 0 Å². The Balaban J connectivity index is 1.32. The van der Waals surface area contributed by atoms with E-state index in [1.165, 1.54) is 0 Å². The topological polar surface area (TPSA) is 91.3 Å². The molecule has 2 saturated heterocycles. The molecule has 0 unspecified atom stereocenters. The van der Waals surface area contributed by atoms with Crippen LogP contribution in [0.5, 0.6) is 0 Å². The smallest absolute Gasteiger partial charge is 0.257 e. The molecule has 12 heteroatoms. The molecule has 0 spiro atoms. The van der Waals surface area contributed by atoms with E-state index in [0.29, 0.717) is 17.7 Å². The van der Waals surface area contributed by atoms with Gasteiger partial charge in [0.05, 0.1) is 25.4 Å². The minimum atomic E-state index is -2.34. The number of hydrogen-bond acceptors (Lipinski definition) is 6. The van der Waals surface area contributed by atoms with Crippen LogP contribution in [-0.2, 0) is 22.6 Å². The predicted molar refractivity (Wildman–Crippen MR) is 148 cm³/mol. The Hall–Kier alpha value is -3.42. The maximum Gasteiger partial charge on any atom is 0.257 e. The molecule has 0 radical (unpaired) electrons. The Labute approximate surface area is 251 Å². The molecule has 5 rings (SSSR count). The Morgan fingerprint density at radius 2 is 1.45 bits per heavy atom. The van der Waals surface area contributed by atoms with Crippen molar-refractivity contribution in [3.05, 3.63) is 105 Å². The van der Waals surface area contributed by atoms with Gasteiger partial charge in [0, 0.05) is 30.6 Å². The third kappa shape index (κ3) is 6.50. The molecule has 3 aromatic rings. The number of halogens is 5. The fourth-order valence-corrected chi connectivity index (χ4v) is 5.77. The van der Waals surface area contributed by atoms with Crippen molar-refractivity contribution in [2.75, 3.05) is 19.7 Å². The van der Waals surface area contributed by atoms with Crippen LogP contribution in [0.3, 0.4) is 0 Å². The Bertz CT molecular complexity index is 1440. The van der Waals surface area contributed by atoms with E-state index in [1.807, 2.05) is 31.2 Å². The molecule has 0 saturated carbocycles. The third-order valence-electron chi connectivity index (χ3n) is 8.39. The molecule has 2 fully saturated rings. The molecule has 3 N–H and O–H groups in total. The first-order valence-corrected chi connectivity index (χ1v) is 14.4. The van der Waals surface area contributed by atoms with E-state index in [1.54, 1.807) is 24.3 Å². The lowest BCUT2D eigenvalue weighted by Gasteiger charge is -2.43. The lowest BCUT2D eigenvalue weighted by atomic mass is 9.90. The van der Waals surface area contributed by atoms with Gasteiger partial charge in [-0.2, -0.15) is 0 Å². The number of amides is 1. The molecule has 7 nitrogen and oxygen atoms in total. The normalized spacial score (nSPS) is 24.0. The van der Waals surface area contributed by atoms with Crippen LogP contribution >= 0.6 is 0 Å². The van der Waals surface area contributed by atoms with Crippen molar-refractivity contribution in [2.24, 2.45) is 5.92 Å². The monoisotopic (exact) mass is 620 g/mol. The van der Waals surface area contributed by atoms with E-state index in [-0.39, 0.29) is 43.9 Å². The number of likely N-dealkylation sites (tertiary alicyclic amines) is 1. The number of ether oxygens (including phenoxy) is 2. The van der Waals surface area contributed by atoms with E-state index < -0.39 is 46.8 Å². The largest absolute Gasteiger partial charge is 0.395 e. The second-order valence-electron chi connectivity index (χ2n) is 11.2. The number of carbonyl (C=O) groups excluding carboxylic acids is 1. The van der Waals surface area contributed by atoms with Crippen LogP contribution in [0.2, 0.25) is 0 Å². The number of benzene rings is 3. The SMILES string of the molecule is C[C@@H]1[C@H](CN2CCC[C@H]2CO)O[C@H](c2ccc(CNC(=O)c3c(F)c(F)c(F)c(F)c3F)cc2)O[C@@H]1c1ccc(CO)cc1. The molecule has 2 aliphatic rings. The van der Waals surface area contributed by atoms with Gasteiger partial charge in [0.1, 0.15) is 5.56 Å². The van der Waals surface area contributed by atoms with E-state index >= 15 is 0 Å². The number of nitrogens with zero attached hydrogens (tertiary/aromatic N) is 1. The third-order valence-corrected chi connectivity index (χ3v) is 8.39. The van der Waals surface area contributed by atoms with Crippen LogP contribution in [0.25, 0.3) is 0 Å². The molecule has 0 aliphatic carbocycles. The first-order valence-electron chi connectivity index (χ1n) is 14.4. The lowest BCUT2D eigenvalue weighted by Crippen LogP contribution is -2.46. The number of nitrogens with one attached hydrogen (secondary N) is 1. The van der Waals surface area contributed by atoms with Crippen molar-refractivity contribution in [1.82, 2.24) is 10.2 Å². The first kappa shape index (κ1) is 32.0. The summed E-state index contributed by atoms with van der Waals surface area (Å²) in [6.07, 6.45) is 0.531. The van der Waals surface area contributed by atoms with Gasteiger partial charge in [0.2, 0.25) is 5.82 Å². The summed E-state index contributed by atoms with van der Waals surface area (Å²) < 4.78 is 81.3. The van der Waals surface area contributed by atoms with Crippen molar-refractivity contribution in [2.45, 2.75) is 57.5 Å². The molecule has 236 valence electrons. The Morgan fingerprint density at radius 3 is 2.07 bits per heavy atom. The van der Waals surface area contributed by atoms with Crippen LogP contribution in [-0.4, -0.2) is 52.9 Å². The zero-order valence-electron chi connectivity index (χ0n) is 23.9. The Morgan fingerprint density at radius 1 is 0.864 bits per heavy atom. The van der Waals surface area contributed by atoms with Crippen molar-refractivity contribution >= 4 is 5.91 Å². The standard InChI is InChI=1S/C32H33F5N2O5/c1-17-23(14-39-12-2-3-22(39)16-41)43-32(44-30(17)20-8-6-19(15-40)7-9-20)21-10-4-18(5-11-21)13-38-31(42)24-25(33)27(35)29(37)28(36)26(24)34/h4-11,17,22-23,30,32,40-41H,2-3,12-16H2,1H3,(H,38,42)/t17-,22+,23+,30+,32+/m1/s1. The fourth-order valence-electron chi connectivity index (χ4n) is 5.77. The van der Waals surface area contributed by atoms with Crippen molar-refractivity contribution in [3.8, 4) is 0 Å². The summed E-state index contributed by atoms with van der Waals surface area (Å²) in [7, 11) is 0. The maximum atomic E-state index is 14.0. The number of carbonyl (C=O) groups is 1. The number of aliphatic hydroxyl groups excluding tert-OH is 2. The summed E-state index contributed by atoms with van der Waals surface area (Å²) in [4.78, 5) is 14.6. The lowest BCUT2D eigenvalue weighted by molar-refractivity contribution is -0.276. The van der Waals surface area contributed by atoms with Gasteiger partial charge in [0.15, 0.2) is 29.6 Å². The van der Waals surface area contributed by atoms with Crippen LogP contribution < -0.4 is 5.32 Å². The molecule has 2 aliphatic heterocycles. The summed E-state index contributed by atoms with van der Waals surface area (Å²) in [5.41, 5.74) is 1.29. The van der Waals surface area contributed by atoms with Crippen LogP contribution in [0.15, 0.2) is 48.5 Å². The summed E-state index contributed by atoms with van der Waals surface area (Å²) >= 11 is 0. The van der Waals surface area contributed by atoms with Gasteiger partial charge in [0.25, 0.3) is 5.91 Å². The quantitative estimate of drug-likeness (QED) is 0.176. The molecule has 1 amide bonds. The highest BCUT2D eigenvalue weighted by Gasteiger charge is 2.40. The summed E-state index contributed by atoms with van der Waals surface area (Å²) in [5.74, 6) is -12.6. The van der Waals surface area contributed by atoms with Gasteiger partial charge in [-0.05, 0) is 36.1 Å². The summed E-state index contributed by atoms with van der Waals surface area (Å²) in [6, 6.07) is 14.2. The van der Waals surface area contributed by atoms with Crippen LogP contribution in [0, 0.1) is 35.0 Å². The highest BCUT2D eigenvalue weighted by Crippen LogP contribution is 2.42. The van der Waals surface area contributed by atoms with Gasteiger partial charge < -0.3 is 25.0 Å². The summed E-state index contributed by atoms with van der Waals surface area (Å²) in [5, 5.41) is 21.5. The van der Waals surface area contributed by atoms with Gasteiger partial charge in [-0.1, -0.05) is 55.5 Å². The number of rotatable bonds is 9. The summed E-state index contributed by atoms with van der Waals surface area (Å²) in [6.45, 7) is 3.23. The molecule has 5 atom stereocenters. The first-order chi connectivity index (χ1) is 21.1. The average Bonchev–Trinajstić information content (AvgIpc) is 3.50. The maximum absolute atomic E-state index is 14.0. The fraction of sp³-hybridized carbons (Fsp3) is 0.406. The molecule has 0 bridgehead atoms. The second kappa shape index (κ2) is 13.7. The van der Waals surface area contributed by atoms with E-state index in [4.69, 9.17) is 9.47 Å². The predicted octanol–water partition coefficient (Wildman–Crippen LogP) is 5.05. The van der Waals surface area contributed by atoms with Gasteiger partial charge >= 0.3 is 0 Å².